The third kappa shape index (κ3) is 2.36. The number of nitrogens with zero attached hydrogens (tertiary/aromatic N) is 2. The fourth-order valence-electron chi connectivity index (χ4n) is 3.13. The summed E-state index contributed by atoms with van der Waals surface area (Å²) < 4.78 is 1.53. The second kappa shape index (κ2) is 5.47. The molecule has 2 aliphatic heterocycles. The van der Waals surface area contributed by atoms with Crippen LogP contribution < -0.4 is 16.2 Å². The normalized spacial score (nSPS) is 19.5. The molecule has 0 aromatic carbocycles. The molecule has 2 N–H and O–H groups in total. The summed E-state index contributed by atoms with van der Waals surface area (Å²) in [4.78, 5) is 37.8. The third-order valence-corrected chi connectivity index (χ3v) is 4.48. The highest BCUT2D eigenvalue weighted by atomic mass is 16.2. The van der Waals surface area contributed by atoms with Crippen molar-refractivity contribution in [1.82, 2.24) is 14.8 Å². The lowest BCUT2D eigenvalue weighted by Crippen LogP contribution is -2.67. The highest BCUT2D eigenvalue weighted by Crippen LogP contribution is 2.37. The van der Waals surface area contributed by atoms with Crippen molar-refractivity contribution in [2.75, 3.05) is 25.0 Å². The van der Waals surface area contributed by atoms with Gasteiger partial charge >= 0.3 is 6.03 Å². The third-order valence-electron chi connectivity index (χ3n) is 4.48. The molecule has 2 fully saturated rings. The highest BCUT2D eigenvalue weighted by Gasteiger charge is 2.51. The molecule has 7 nitrogen and oxygen atoms in total. The van der Waals surface area contributed by atoms with Gasteiger partial charge in [-0.05, 0) is 31.9 Å². The Morgan fingerprint density at radius 2 is 2.18 bits per heavy atom. The van der Waals surface area contributed by atoms with Crippen LogP contribution in [-0.4, -0.2) is 41.0 Å². The molecule has 0 unspecified atom stereocenters. The average molecular weight is 304 g/mol. The van der Waals surface area contributed by atoms with E-state index < -0.39 is 5.41 Å². The number of carbonyl (C=O) groups is 2. The molecule has 3 amide bonds. The number of aromatic nitrogens is 1. The Labute approximate surface area is 128 Å². The minimum Gasteiger partial charge on any atom is -0.356 e. The molecular formula is C15H20N4O3. The van der Waals surface area contributed by atoms with Gasteiger partial charge in [0.15, 0.2) is 0 Å². The van der Waals surface area contributed by atoms with Gasteiger partial charge in [-0.15, -0.1) is 0 Å². The van der Waals surface area contributed by atoms with Crippen molar-refractivity contribution < 1.29 is 9.59 Å². The molecule has 1 aromatic rings. The zero-order chi connectivity index (χ0) is 15.7. The lowest BCUT2D eigenvalue weighted by atomic mass is 9.73. The molecule has 22 heavy (non-hydrogen) atoms. The van der Waals surface area contributed by atoms with Crippen molar-refractivity contribution in [1.29, 1.82) is 0 Å². The van der Waals surface area contributed by atoms with Gasteiger partial charge in [-0.2, -0.15) is 0 Å². The molecule has 3 heterocycles. The van der Waals surface area contributed by atoms with Crippen molar-refractivity contribution in [2.24, 2.45) is 5.41 Å². The number of nitrogens with one attached hydrogen (secondary N) is 2. The topological polar surface area (TPSA) is 83.4 Å². The molecule has 2 saturated heterocycles. The van der Waals surface area contributed by atoms with Crippen LogP contribution >= 0.6 is 0 Å². The summed E-state index contributed by atoms with van der Waals surface area (Å²) >= 11 is 0. The molecule has 0 bridgehead atoms. The van der Waals surface area contributed by atoms with Gasteiger partial charge in [-0.25, -0.2) is 4.79 Å². The Balaban J connectivity index is 1.65. The summed E-state index contributed by atoms with van der Waals surface area (Å²) in [7, 11) is 0. The van der Waals surface area contributed by atoms with Crippen molar-refractivity contribution >= 4 is 17.6 Å². The summed E-state index contributed by atoms with van der Waals surface area (Å²) in [6.07, 6.45) is 3.45. The molecular weight excluding hydrogens is 284 g/mol. The van der Waals surface area contributed by atoms with Crippen LogP contribution in [0.2, 0.25) is 0 Å². The number of amides is 3. The van der Waals surface area contributed by atoms with E-state index in [0.29, 0.717) is 26.2 Å². The van der Waals surface area contributed by atoms with E-state index in [1.165, 1.54) is 4.57 Å². The predicted molar refractivity (Wildman–Crippen MR) is 81.6 cm³/mol. The van der Waals surface area contributed by atoms with Gasteiger partial charge in [0.1, 0.15) is 5.69 Å². The molecule has 0 aliphatic carbocycles. The first-order valence-electron chi connectivity index (χ1n) is 7.59. The molecule has 0 saturated carbocycles. The maximum Gasteiger partial charge on any atom is 0.322 e. The van der Waals surface area contributed by atoms with E-state index in [2.05, 4.69) is 10.6 Å². The van der Waals surface area contributed by atoms with Gasteiger partial charge in [0, 0.05) is 32.4 Å². The number of hydrogen-bond donors (Lipinski definition) is 2. The highest BCUT2D eigenvalue weighted by molar-refractivity contribution is 5.93. The largest absolute Gasteiger partial charge is 0.356 e. The van der Waals surface area contributed by atoms with Crippen LogP contribution in [0.3, 0.4) is 0 Å². The second-order valence-corrected chi connectivity index (χ2v) is 5.94. The van der Waals surface area contributed by atoms with E-state index in [1.807, 2.05) is 6.92 Å². The summed E-state index contributed by atoms with van der Waals surface area (Å²) in [5.41, 5.74) is -0.372. The lowest BCUT2D eigenvalue weighted by Gasteiger charge is -2.50. The summed E-state index contributed by atoms with van der Waals surface area (Å²) in [5, 5.41) is 5.50. The number of anilines is 1. The van der Waals surface area contributed by atoms with Crippen LogP contribution in [0.25, 0.3) is 0 Å². The number of rotatable bonds is 2. The van der Waals surface area contributed by atoms with Gasteiger partial charge in [-0.1, -0.05) is 0 Å². The fraction of sp³-hybridized carbons (Fsp3) is 0.533. The Kier molecular flexibility index (Phi) is 3.64. The van der Waals surface area contributed by atoms with Gasteiger partial charge in [0.05, 0.1) is 5.41 Å². The van der Waals surface area contributed by atoms with E-state index >= 15 is 0 Å². The molecule has 118 valence electrons. The zero-order valence-electron chi connectivity index (χ0n) is 12.6. The molecule has 0 atom stereocenters. The van der Waals surface area contributed by atoms with Crippen molar-refractivity contribution in [3.63, 3.8) is 0 Å². The fourth-order valence-corrected chi connectivity index (χ4v) is 3.13. The van der Waals surface area contributed by atoms with E-state index in [4.69, 9.17) is 0 Å². The monoisotopic (exact) mass is 304 g/mol. The van der Waals surface area contributed by atoms with Crippen molar-refractivity contribution in [3.8, 4) is 0 Å². The van der Waals surface area contributed by atoms with Crippen LogP contribution in [0.15, 0.2) is 23.1 Å². The minimum atomic E-state index is -0.421. The Hall–Kier alpha value is -2.31. The second-order valence-electron chi connectivity index (χ2n) is 5.94. The van der Waals surface area contributed by atoms with E-state index in [9.17, 15) is 14.4 Å². The first kappa shape index (κ1) is 14.6. The Morgan fingerprint density at radius 1 is 1.41 bits per heavy atom. The smallest absolute Gasteiger partial charge is 0.322 e. The zero-order valence-corrected chi connectivity index (χ0v) is 12.6. The van der Waals surface area contributed by atoms with E-state index in [-0.39, 0.29) is 23.2 Å². The summed E-state index contributed by atoms with van der Waals surface area (Å²) in [6.45, 7) is 3.97. The Bertz CT molecular complexity index is 661. The van der Waals surface area contributed by atoms with E-state index in [0.717, 1.165) is 12.8 Å². The van der Waals surface area contributed by atoms with Gasteiger partial charge in [0.25, 0.3) is 5.56 Å². The van der Waals surface area contributed by atoms with Crippen LogP contribution in [0.5, 0.6) is 0 Å². The minimum absolute atomic E-state index is 0.0378. The SMILES string of the molecule is CCn1cccc(NC(=O)N2CC3(CCCNC3=O)C2)c1=O. The average Bonchev–Trinajstić information content (AvgIpc) is 2.47. The number of urea groups is 1. The first-order chi connectivity index (χ1) is 10.6. The van der Waals surface area contributed by atoms with Crippen LogP contribution in [0, 0.1) is 5.41 Å². The molecule has 7 heteroatoms. The van der Waals surface area contributed by atoms with Crippen LogP contribution in [-0.2, 0) is 11.3 Å². The number of piperidine rings is 1. The summed E-state index contributed by atoms with van der Waals surface area (Å²) in [5.74, 6) is 0.0378. The maximum absolute atomic E-state index is 12.2. The molecule has 1 aromatic heterocycles. The predicted octanol–water partition coefficient (Wildman–Crippen LogP) is 0.612. The quantitative estimate of drug-likeness (QED) is 0.840. The van der Waals surface area contributed by atoms with Crippen LogP contribution in [0.1, 0.15) is 19.8 Å². The number of hydrogen-bond acceptors (Lipinski definition) is 3. The van der Waals surface area contributed by atoms with Crippen LogP contribution in [0.4, 0.5) is 10.5 Å². The number of pyridine rings is 1. The molecule has 1 spiro atoms. The Morgan fingerprint density at radius 3 is 2.86 bits per heavy atom. The van der Waals surface area contributed by atoms with Gasteiger partial charge < -0.3 is 20.1 Å². The van der Waals surface area contributed by atoms with Crippen molar-refractivity contribution in [3.05, 3.63) is 28.7 Å². The molecule has 2 aliphatic rings. The molecule has 0 radical (unpaired) electrons. The number of aryl methyl sites for hydroxylation is 1. The molecule has 3 rings (SSSR count). The number of likely N-dealkylation sites (tertiary alicyclic amines) is 1. The van der Waals surface area contributed by atoms with Crippen molar-refractivity contribution in [2.45, 2.75) is 26.3 Å². The number of carbonyl (C=O) groups excluding carboxylic acids is 2. The lowest BCUT2D eigenvalue weighted by molar-refractivity contribution is -0.142. The standard InChI is InChI=1S/C15H20N4O3/c1-2-18-8-3-5-11(12(18)20)17-14(22)19-9-15(10-19)6-4-7-16-13(15)21/h3,5,8H,2,4,6-7,9-10H2,1H3,(H,16,21)(H,17,22). The first-order valence-corrected chi connectivity index (χ1v) is 7.59. The van der Waals surface area contributed by atoms with Gasteiger partial charge in [-0.3, -0.25) is 9.59 Å². The van der Waals surface area contributed by atoms with E-state index in [1.54, 1.807) is 23.2 Å². The maximum atomic E-state index is 12.2. The summed E-state index contributed by atoms with van der Waals surface area (Å²) in [6, 6.07) is 3.00. The van der Waals surface area contributed by atoms with Gasteiger partial charge in [0.2, 0.25) is 5.91 Å².